The van der Waals surface area contributed by atoms with Gasteiger partial charge in [0.15, 0.2) is 10.6 Å². The van der Waals surface area contributed by atoms with E-state index in [2.05, 4.69) is 11.6 Å². The van der Waals surface area contributed by atoms with Crippen molar-refractivity contribution in [3.05, 3.63) is 104 Å². The van der Waals surface area contributed by atoms with Crippen LogP contribution < -0.4 is 10.3 Å². The molecule has 35 heavy (non-hydrogen) atoms. The number of carbonyl (C=O) groups excluding carboxylic acids is 2. The molecule has 176 valence electrons. The van der Waals surface area contributed by atoms with Crippen LogP contribution in [0.5, 0.6) is 0 Å². The van der Waals surface area contributed by atoms with Crippen molar-refractivity contribution in [1.29, 1.82) is 0 Å². The Kier molecular flexibility index (Phi) is 5.52. The van der Waals surface area contributed by atoms with Crippen molar-refractivity contribution < 1.29 is 27.5 Å². The van der Waals surface area contributed by atoms with Crippen LogP contribution in [0.2, 0.25) is 0 Å². The molecule has 0 radical (unpaired) electrons. The van der Waals surface area contributed by atoms with E-state index in [0.29, 0.717) is 5.69 Å². The molecule has 5 rings (SSSR count). The largest absolute Gasteiger partial charge is 0.457 e. The number of amides is 1. The minimum Gasteiger partial charge on any atom is -0.457 e. The zero-order valence-electron chi connectivity index (χ0n) is 18.2. The van der Waals surface area contributed by atoms with Gasteiger partial charge in [0.1, 0.15) is 34.7 Å². The van der Waals surface area contributed by atoms with Crippen molar-refractivity contribution in [2.24, 2.45) is 0 Å². The highest BCUT2D eigenvalue weighted by Gasteiger charge is 2.46. The van der Waals surface area contributed by atoms with E-state index in [1.54, 1.807) is 13.0 Å². The van der Waals surface area contributed by atoms with Crippen LogP contribution in [0.15, 0.2) is 64.3 Å². The number of anilines is 1. The van der Waals surface area contributed by atoms with Crippen LogP contribution in [-0.4, -0.2) is 23.5 Å². The van der Waals surface area contributed by atoms with Crippen LogP contribution in [0.3, 0.4) is 0 Å². The smallest absolute Gasteiger partial charge is 0.350 e. The molecular formula is C25H16F2N2O5S. The topological polar surface area (TPSA) is 89.7 Å². The lowest BCUT2D eigenvalue weighted by Crippen LogP contribution is -2.30. The number of thiazole rings is 1. The standard InChI is InChI=1S/C25H16F2N2O5S/c1-3-10-33-24(32)22-12(2)28-25(35-22)29-19(14-6-4-5-7-16(14)27)18-20(30)15-11-13(26)8-9-17(15)34-21(18)23(29)31/h3-9,11,19H,1,10H2,2H3. The van der Waals surface area contributed by atoms with Gasteiger partial charge in [0.25, 0.3) is 5.91 Å². The Morgan fingerprint density at radius 1 is 1.26 bits per heavy atom. The monoisotopic (exact) mass is 494 g/mol. The van der Waals surface area contributed by atoms with Crippen molar-refractivity contribution in [2.45, 2.75) is 13.0 Å². The van der Waals surface area contributed by atoms with Crippen LogP contribution in [0.1, 0.15) is 43.1 Å². The summed E-state index contributed by atoms with van der Waals surface area (Å²) in [7, 11) is 0. The van der Waals surface area contributed by atoms with Gasteiger partial charge in [-0.2, -0.15) is 0 Å². The van der Waals surface area contributed by atoms with Crippen molar-refractivity contribution in [1.82, 2.24) is 4.98 Å². The van der Waals surface area contributed by atoms with Crippen molar-refractivity contribution in [2.75, 3.05) is 11.5 Å². The molecule has 0 N–H and O–H groups in total. The van der Waals surface area contributed by atoms with E-state index in [4.69, 9.17) is 9.15 Å². The Labute approximate surface area is 200 Å². The second-order valence-corrected chi connectivity index (χ2v) is 8.69. The molecular weight excluding hydrogens is 478 g/mol. The van der Waals surface area contributed by atoms with Gasteiger partial charge in [0, 0.05) is 5.56 Å². The number of carbonyl (C=O) groups is 2. The van der Waals surface area contributed by atoms with Gasteiger partial charge < -0.3 is 9.15 Å². The molecule has 7 nitrogen and oxygen atoms in total. The van der Waals surface area contributed by atoms with Crippen molar-refractivity contribution >= 4 is 39.3 Å². The van der Waals surface area contributed by atoms with Gasteiger partial charge in [0.2, 0.25) is 5.76 Å². The fourth-order valence-electron chi connectivity index (χ4n) is 4.01. The Hall–Kier alpha value is -4.18. The average Bonchev–Trinajstić information content (AvgIpc) is 3.36. The average molecular weight is 494 g/mol. The molecule has 2 aromatic heterocycles. The van der Waals surface area contributed by atoms with E-state index in [1.165, 1.54) is 30.3 Å². The Morgan fingerprint density at radius 3 is 2.77 bits per heavy atom. The van der Waals surface area contributed by atoms with Crippen LogP contribution in [-0.2, 0) is 4.74 Å². The molecule has 0 spiro atoms. The predicted molar refractivity (Wildman–Crippen MR) is 125 cm³/mol. The summed E-state index contributed by atoms with van der Waals surface area (Å²) in [5.41, 5.74) is -0.472. The van der Waals surface area contributed by atoms with Crippen LogP contribution in [0.25, 0.3) is 11.0 Å². The third kappa shape index (κ3) is 3.62. The third-order valence-corrected chi connectivity index (χ3v) is 6.68. The summed E-state index contributed by atoms with van der Waals surface area (Å²) in [6.07, 6.45) is 1.41. The quantitative estimate of drug-likeness (QED) is 0.289. The zero-order valence-corrected chi connectivity index (χ0v) is 19.0. The Morgan fingerprint density at radius 2 is 2.03 bits per heavy atom. The van der Waals surface area contributed by atoms with Gasteiger partial charge in [-0.05, 0) is 31.2 Å². The molecule has 4 aromatic rings. The summed E-state index contributed by atoms with van der Waals surface area (Å²) in [6.45, 7) is 5.05. The van der Waals surface area contributed by atoms with Crippen molar-refractivity contribution in [3.63, 3.8) is 0 Å². The number of rotatable bonds is 5. The Balaban J connectivity index is 1.74. The van der Waals surface area contributed by atoms with Gasteiger partial charge in [0.05, 0.1) is 16.6 Å². The van der Waals surface area contributed by atoms with E-state index in [1.807, 2.05) is 0 Å². The summed E-state index contributed by atoms with van der Waals surface area (Å²) >= 11 is 0.866. The molecule has 0 fully saturated rings. The molecule has 1 unspecified atom stereocenters. The molecule has 0 saturated heterocycles. The third-order valence-electron chi connectivity index (χ3n) is 5.54. The highest BCUT2D eigenvalue weighted by molar-refractivity contribution is 7.17. The second kappa shape index (κ2) is 8.55. The minimum atomic E-state index is -1.25. The summed E-state index contributed by atoms with van der Waals surface area (Å²) in [4.78, 5) is 45.1. The minimum absolute atomic E-state index is 0.0149. The van der Waals surface area contributed by atoms with Crippen LogP contribution in [0, 0.1) is 18.6 Å². The maximum Gasteiger partial charge on any atom is 0.350 e. The lowest BCUT2D eigenvalue weighted by molar-refractivity contribution is 0.0554. The van der Waals surface area contributed by atoms with E-state index in [-0.39, 0.29) is 44.5 Å². The zero-order chi connectivity index (χ0) is 24.9. The number of benzene rings is 2. The summed E-state index contributed by atoms with van der Waals surface area (Å²) in [6, 6.07) is 7.79. The van der Waals surface area contributed by atoms with Crippen molar-refractivity contribution in [3.8, 4) is 0 Å². The molecule has 10 heteroatoms. The van der Waals surface area contributed by atoms with Gasteiger partial charge in [-0.25, -0.2) is 18.6 Å². The van der Waals surface area contributed by atoms with Gasteiger partial charge in [-0.3, -0.25) is 14.5 Å². The summed E-state index contributed by atoms with van der Waals surface area (Å²) < 4.78 is 39.7. The Bertz CT molecular complexity index is 1590. The molecule has 3 heterocycles. The second-order valence-electron chi connectivity index (χ2n) is 7.71. The fraction of sp³-hybridized carbons (Fsp3) is 0.120. The molecule has 0 bridgehead atoms. The number of ether oxygens (including phenoxy) is 1. The molecule has 1 atom stereocenters. The molecule has 1 aliphatic rings. The highest BCUT2D eigenvalue weighted by Crippen LogP contribution is 2.43. The first-order valence-electron chi connectivity index (χ1n) is 10.4. The van der Waals surface area contributed by atoms with Crippen LogP contribution >= 0.6 is 11.3 Å². The first-order valence-corrected chi connectivity index (χ1v) is 11.2. The first kappa shape index (κ1) is 22.6. The number of aromatic nitrogens is 1. The number of halogens is 2. The van der Waals surface area contributed by atoms with E-state index >= 15 is 0 Å². The van der Waals surface area contributed by atoms with E-state index in [9.17, 15) is 23.2 Å². The van der Waals surface area contributed by atoms with E-state index < -0.39 is 35.0 Å². The SMILES string of the molecule is C=CCOC(=O)c1sc(N2C(=O)c3oc4ccc(F)cc4c(=O)c3C2c2ccccc2F)nc1C. The lowest BCUT2D eigenvalue weighted by atomic mass is 9.98. The normalized spacial score (nSPS) is 14.9. The van der Waals surface area contributed by atoms with Gasteiger partial charge in [-0.1, -0.05) is 42.2 Å². The molecule has 2 aromatic carbocycles. The van der Waals surface area contributed by atoms with Gasteiger partial charge >= 0.3 is 5.97 Å². The number of aryl methyl sites for hydroxylation is 1. The highest BCUT2D eigenvalue weighted by atomic mass is 32.1. The summed E-state index contributed by atoms with van der Waals surface area (Å²) in [5.74, 6) is -3.03. The number of nitrogens with zero attached hydrogens (tertiary/aromatic N) is 2. The lowest BCUT2D eigenvalue weighted by Gasteiger charge is -2.22. The maximum atomic E-state index is 15.0. The number of hydrogen-bond donors (Lipinski definition) is 0. The van der Waals surface area contributed by atoms with Crippen LogP contribution in [0.4, 0.5) is 13.9 Å². The molecule has 1 aliphatic heterocycles. The molecule has 0 saturated carbocycles. The fourth-order valence-corrected chi connectivity index (χ4v) is 5.00. The predicted octanol–water partition coefficient (Wildman–Crippen LogP) is 4.93. The van der Waals surface area contributed by atoms with Gasteiger partial charge in [-0.15, -0.1) is 0 Å². The number of fused-ring (bicyclic) bond motifs is 2. The van der Waals surface area contributed by atoms with E-state index in [0.717, 1.165) is 28.4 Å². The summed E-state index contributed by atoms with van der Waals surface area (Å²) in [5, 5.41) is -0.0314. The number of hydrogen-bond acceptors (Lipinski definition) is 7. The maximum absolute atomic E-state index is 15.0. The first-order chi connectivity index (χ1) is 16.8. The molecule has 1 amide bonds. The molecule has 0 aliphatic carbocycles. The number of esters is 1.